The lowest BCUT2D eigenvalue weighted by Gasteiger charge is -2.23. The molecule has 1 heterocycles. The zero-order valence-corrected chi connectivity index (χ0v) is 12.6. The van der Waals surface area contributed by atoms with Crippen molar-refractivity contribution in [1.29, 1.82) is 0 Å². The van der Waals surface area contributed by atoms with Crippen molar-refractivity contribution in [3.05, 3.63) is 30.1 Å². The molecule has 1 aliphatic carbocycles. The number of nitrogens with one attached hydrogen (secondary N) is 1. The quantitative estimate of drug-likeness (QED) is 0.849. The SMILES string of the molecule is C[C@H](CN1C(=O)N[C@@](C)(C2CC2)C1=O)Oc1cccc(F)c1. The molecule has 1 aromatic carbocycles. The van der Waals surface area contributed by atoms with Crippen molar-refractivity contribution in [2.24, 2.45) is 5.92 Å². The van der Waals surface area contributed by atoms with Gasteiger partial charge < -0.3 is 10.1 Å². The van der Waals surface area contributed by atoms with Crippen molar-refractivity contribution in [3.8, 4) is 5.75 Å². The molecule has 0 aromatic heterocycles. The number of hydrogen-bond donors (Lipinski definition) is 1. The molecule has 2 fully saturated rings. The van der Waals surface area contributed by atoms with Gasteiger partial charge in [0.25, 0.3) is 5.91 Å². The first-order valence-corrected chi connectivity index (χ1v) is 7.46. The zero-order chi connectivity index (χ0) is 15.9. The largest absolute Gasteiger partial charge is 0.489 e. The maximum atomic E-state index is 13.1. The van der Waals surface area contributed by atoms with E-state index in [0.717, 1.165) is 12.8 Å². The third-order valence-corrected chi connectivity index (χ3v) is 4.27. The second kappa shape index (κ2) is 5.26. The second-order valence-corrected chi connectivity index (χ2v) is 6.21. The smallest absolute Gasteiger partial charge is 0.325 e. The van der Waals surface area contributed by atoms with Crippen LogP contribution < -0.4 is 10.1 Å². The van der Waals surface area contributed by atoms with Crippen LogP contribution in [0.5, 0.6) is 5.75 Å². The van der Waals surface area contributed by atoms with Gasteiger partial charge >= 0.3 is 6.03 Å². The maximum Gasteiger partial charge on any atom is 0.325 e. The molecular formula is C16H19FN2O3. The topological polar surface area (TPSA) is 58.6 Å². The van der Waals surface area contributed by atoms with E-state index in [9.17, 15) is 14.0 Å². The van der Waals surface area contributed by atoms with Crippen molar-refractivity contribution in [3.63, 3.8) is 0 Å². The molecule has 0 spiro atoms. The van der Waals surface area contributed by atoms with E-state index in [1.807, 2.05) is 0 Å². The number of benzene rings is 1. The highest BCUT2D eigenvalue weighted by molar-refractivity contribution is 6.07. The second-order valence-electron chi connectivity index (χ2n) is 6.21. The molecular weight excluding hydrogens is 287 g/mol. The number of carbonyl (C=O) groups excluding carboxylic acids is 2. The van der Waals surface area contributed by atoms with E-state index in [1.165, 1.54) is 17.0 Å². The van der Waals surface area contributed by atoms with Crippen molar-refractivity contribution < 1.29 is 18.7 Å². The molecule has 2 atom stereocenters. The summed E-state index contributed by atoms with van der Waals surface area (Å²) < 4.78 is 18.7. The molecule has 22 heavy (non-hydrogen) atoms. The standard InChI is InChI=1S/C16H19FN2O3/c1-10(22-13-5-3-4-12(17)8-13)9-19-14(20)16(2,11-6-7-11)18-15(19)21/h3-5,8,10-11H,6-7,9H2,1-2H3,(H,18,21)/t10-,16+/m1/s1. The third-order valence-electron chi connectivity index (χ3n) is 4.27. The summed E-state index contributed by atoms with van der Waals surface area (Å²) >= 11 is 0. The van der Waals surface area contributed by atoms with Gasteiger partial charge in [-0.1, -0.05) is 6.07 Å². The van der Waals surface area contributed by atoms with Gasteiger partial charge in [-0.3, -0.25) is 9.69 Å². The molecule has 1 aromatic rings. The van der Waals surface area contributed by atoms with Crippen LogP contribution in [0.4, 0.5) is 9.18 Å². The zero-order valence-electron chi connectivity index (χ0n) is 12.6. The first-order chi connectivity index (χ1) is 10.4. The normalized spacial score (nSPS) is 26.0. The van der Waals surface area contributed by atoms with E-state index in [1.54, 1.807) is 26.0 Å². The molecule has 118 valence electrons. The molecule has 3 rings (SSSR count). The highest BCUT2D eigenvalue weighted by atomic mass is 19.1. The first kappa shape index (κ1) is 14.8. The Morgan fingerprint density at radius 3 is 2.82 bits per heavy atom. The van der Waals surface area contributed by atoms with Crippen molar-refractivity contribution >= 4 is 11.9 Å². The summed E-state index contributed by atoms with van der Waals surface area (Å²) in [5, 5.41) is 2.79. The minimum Gasteiger partial charge on any atom is -0.489 e. The summed E-state index contributed by atoms with van der Waals surface area (Å²) in [5.41, 5.74) is -0.782. The number of carbonyl (C=O) groups is 2. The molecule has 1 saturated heterocycles. The Morgan fingerprint density at radius 1 is 1.45 bits per heavy atom. The molecule has 3 amide bonds. The molecule has 1 saturated carbocycles. The average Bonchev–Trinajstić information content (AvgIpc) is 3.25. The third kappa shape index (κ3) is 2.65. The summed E-state index contributed by atoms with van der Waals surface area (Å²) in [7, 11) is 0. The van der Waals surface area contributed by atoms with Gasteiger partial charge in [0.1, 0.15) is 23.2 Å². The van der Waals surface area contributed by atoms with Crippen LogP contribution in [-0.2, 0) is 4.79 Å². The lowest BCUT2D eigenvalue weighted by Crippen LogP contribution is -2.46. The molecule has 2 aliphatic rings. The minimum atomic E-state index is -0.782. The van der Waals surface area contributed by atoms with Crippen LogP contribution in [0.3, 0.4) is 0 Å². The van der Waals surface area contributed by atoms with Crippen LogP contribution in [-0.4, -0.2) is 35.0 Å². The highest BCUT2D eigenvalue weighted by Crippen LogP contribution is 2.42. The molecule has 0 bridgehead atoms. The summed E-state index contributed by atoms with van der Waals surface area (Å²) in [6.45, 7) is 3.67. The number of amides is 3. The Morgan fingerprint density at radius 2 is 2.18 bits per heavy atom. The predicted octanol–water partition coefficient (Wildman–Crippen LogP) is 2.31. The van der Waals surface area contributed by atoms with Crippen LogP contribution in [0.1, 0.15) is 26.7 Å². The lowest BCUT2D eigenvalue weighted by molar-refractivity contribution is -0.132. The van der Waals surface area contributed by atoms with Crippen LogP contribution in [0.2, 0.25) is 0 Å². The van der Waals surface area contributed by atoms with Gasteiger partial charge in [0.05, 0.1) is 6.54 Å². The molecule has 0 radical (unpaired) electrons. The first-order valence-electron chi connectivity index (χ1n) is 7.46. The minimum absolute atomic E-state index is 0.142. The Labute approximate surface area is 128 Å². The predicted molar refractivity (Wildman–Crippen MR) is 77.9 cm³/mol. The number of nitrogens with zero attached hydrogens (tertiary/aromatic N) is 1. The Bertz CT molecular complexity index is 617. The van der Waals surface area contributed by atoms with E-state index in [4.69, 9.17) is 4.74 Å². The molecule has 0 unspecified atom stereocenters. The number of hydrogen-bond acceptors (Lipinski definition) is 3. The van der Waals surface area contributed by atoms with Gasteiger partial charge in [-0.2, -0.15) is 0 Å². The molecule has 1 aliphatic heterocycles. The number of imide groups is 1. The van der Waals surface area contributed by atoms with E-state index in [2.05, 4.69) is 5.32 Å². The maximum absolute atomic E-state index is 13.1. The van der Waals surface area contributed by atoms with Crippen molar-refractivity contribution in [2.45, 2.75) is 38.3 Å². The number of rotatable bonds is 5. The van der Waals surface area contributed by atoms with E-state index in [-0.39, 0.29) is 30.2 Å². The number of urea groups is 1. The van der Waals surface area contributed by atoms with E-state index >= 15 is 0 Å². The highest BCUT2D eigenvalue weighted by Gasteiger charge is 2.56. The van der Waals surface area contributed by atoms with E-state index < -0.39 is 11.6 Å². The van der Waals surface area contributed by atoms with E-state index in [0.29, 0.717) is 5.75 Å². The fourth-order valence-electron chi connectivity index (χ4n) is 2.89. The Hall–Kier alpha value is -2.11. The van der Waals surface area contributed by atoms with Crippen LogP contribution in [0.25, 0.3) is 0 Å². The van der Waals surface area contributed by atoms with Crippen molar-refractivity contribution in [2.75, 3.05) is 6.54 Å². The molecule has 5 nitrogen and oxygen atoms in total. The van der Waals surface area contributed by atoms with Gasteiger partial charge in [-0.05, 0) is 44.7 Å². The summed E-state index contributed by atoms with van der Waals surface area (Å²) in [6, 6.07) is 5.41. The van der Waals surface area contributed by atoms with Gasteiger partial charge in [-0.25, -0.2) is 9.18 Å². The lowest BCUT2D eigenvalue weighted by atomic mass is 9.96. The fraction of sp³-hybridized carbons (Fsp3) is 0.500. The Kier molecular flexibility index (Phi) is 3.54. The van der Waals surface area contributed by atoms with Crippen LogP contribution in [0, 0.1) is 11.7 Å². The molecule has 1 N–H and O–H groups in total. The fourth-order valence-corrected chi connectivity index (χ4v) is 2.89. The van der Waals surface area contributed by atoms with Gasteiger partial charge in [-0.15, -0.1) is 0 Å². The summed E-state index contributed by atoms with van der Waals surface area (Å²) in [5.74, 6) is 0.0218. The number of ether oxygens (including phenoxy) is 1. The summed E-state index contributed by atoms with van der Waals surface area (Å²) in [6.07, 6.45) is 1.51. The van der Waals surface area contributed by atoms with Gasteiger partial charge in [0, 0.05) is 6.07 Å². The van der Waals surface area contributed by atoms with Crippen LogP contribution >= 0.6 is 0 Å². The van der Waals surface area contributed by atoms with Gasteiger partial charge in [0.2, 0.25) is 0 Å². The van der Waals surface area contributed by atoms with Crippen molar-refractivity contribution in [1.82, 2.24) is 10.2 Å². The Balaban J connectivity index is 1.65. The van der Waals surface area contributed by atoms with Gasteiger partial charge in [0.15, 0.2) is 0 Å². The number of halogens is 1. The monoisotopic (exact) mass is 306 g/mol. The summed E-state index contributed by atoms with van der Waals surface area (Å²) in [4.78, 5) is 25.7. The van der Waals surface area contributed by atoms with Crippen LogP contribution in [0.15, 0.2) is 24.3 Å². The molecule has 6 heteroatoms. The average molecular weight is 306 g/mol.